The maximum atomic E-state index is 11.7. The Labute approximate surface area is 114 Å². The van der Waals surface area contributed by atoms with Gasteiger partial charge in [-0.25, -0.2) is 4.98 Å². The summed E-state index contributed by atoms with van der Waals surface area (Å²) < 4.78 is 8.90. The van der Waals surface area contributed by atoms with Crippen molar-refractivity contribution in [1.29, 1.82) is 0 Å². The molecule has 19 heavy (non-hydrogen) atoms. The number of aryl methyl sites for hydroxylation is 1. The fourth-order valence-electron chi connectivity index (χ4n) is 1.71. The lowest BCUT2D eigenvalue weighted by Crippen LogP contribution is -2.17. The Morgan fingerprint density at radius 1 is 1.58 bits per heavy atom. The molecule has 2 aromatic rings. The molecule has 0 aliphatic heterocycles. The molecule has 7 heteroatoms. The smallest absolute Gasteiger partial charge is 0.308 e. The molecule has 0 radical (unpaired) electrons. The summed E-state index contributed by atoms with van der Waals surface area (Å²) in [5.41, 5.74) is 0.741. The number of H-pyrrole nitrogens is 1. The van der Waals surface area contributed by atoms with Crippen molar-refractivity contribution in [3.8, 4) is 0 Å². The minimum atomic E-state index is -0.231. The molecule has 0 spiro atoms. The number of nitrogens with zero attached hydrogens (tertiary/aromatic N) is 2. The van der Waals surface area contributed by atoms with Gasteiger partial charge in [0.1, 0.15) is 11.3 Å². The third-order valence-corrected chi connectivity index (χ3v) is 3.40. The van der Waals surface area contributed by atoms with Crippen LogP contribution in [0.4, 0.5) is 0 Å². The van der Waals surface area contributed by atoms with Crippen LogP contribution in [0.1, 0.15) is 26.1 Å². The number of hydrogen-bond donors (Lipinski definition) is 1. The summed E-state index contributed by atoms with van der Waals surface area (Å²) in [7, 11) is 0. The number of carbonyl (C=O) groups excluding carboxylic acids is 1. The highest BCUT2D eigenvalue weighted by Crippen LogP contribution is 2.11. The number of esters is 1. The van der Waals surface area contributed by atoms with Crippen LogP contribution in [0.25, 0.3) is 11.0 Å². The average molecular weight is 281 g/mol. The fourth-order valence-corrected chi connectivity index (χ4v) is 2.30. The van der Waals surface area contributed by atoms with E-state index in [4.69, 9.17) is 4.74 Å². The number of nitrogens with one attached hydrogen (secondary N) is 1. The van der Waals surface area contributed by atoms with Crippen LogP contribution >= 0.6 is 11.5 Å². The quantitative estimate of drug-likeness (QED) is 0.840. The molecule has 0 amide bonds. The first-order chi connectivity index (χ1) is 9.11. The molecule has 6 nitrogen and oxygen atoms in total. The summed E-state index contributed by atoms with van der Waals surface area (Å²) in [6, 6.07) is 0. The maximum Gasteiger partial charge on any atom is 0.308 e. The zero-order chi connectivity index (χ0) is 13.8. The molecule has 0 bridgehead atoms. The van der Waals surface area contributed by atoms with Crippen LogP contribution < -0.4 is 5.56 Å². The number of carbonyl (C=O) groups is 1. The van der Waals surface area contributed by atoms with Crippen LogP contribution in [0, 0.1) is 5.92 Å². The van der Waals surface area contributed by atoms with E-state index in [1.807, 2.05) is 0 Å². The van der Waals surface area contributed by atoms with Gasteiger partial charge in [-0.15, -0.1) is 0 Å². The molecular formula is C12H15N3O3S. The van der Waals surface area contributed by atoms with E-state index in [-0.39, 0.29) is 17.4 Å². The van der Waals surface area contributed by atoms with E-state index in [9.17, 15) is 9.59 Å². The van der Waals surface area contributed by atoms with Crippen molar-refractivity contribution < 1.29 is 9.53 Å². The number of hydrogen-bond acceptors (Lipinski definition) is 6. The lowest BCUT2D eigenvalue weighted by Gasteiger charge is -2.09. The Balaban J connectivity index is 2.05. The normalized spacial score (nSPS) is 12.5. The minimum Gasteiger partial charge on any atom is -0.466 e. The van der Waals surface area contributed by atoms with Crippen molar-refractivity contribution >= 4 is 28.5 Å². The van der Waals surface area contributed by atoms with E-state index >= 15 is 0 Å². The SMILES string of the molecule is CCOC(=O)[C@H](C)CCc1nc2csnc2c(=O)[nH]1. The predicted molar refractivity (Wildman–Crippen MR) is 72.2 cm³/mol. The lowest BCUT2D eigenvalue weighted by atomic mass is 10.1. The zero-order valence-corrected chi connectivity index (χ0v) is 11.6. The highest BCUT2D eigenvalue weighted by molar-refractivity contribution is 7.04. The Kier molecular flexibility index (Phi) is 4.26. The van der Waals surface area contributed by atoms with Gasteiger partial charge in [0.15, 0.2) is 5.52 Å². The van der Waals surface area contributed by atoms with Crippen molar-refractivity contribution in [2.75, 3.05) is 6.61 Å². The van der Waals surface area contributed by atoms with Crippen molar-refractivity contribution in [2.24, 2.45) is 5.92 Å². The van der Waals surface area contributed by atoms with Crippen molar-refractivity contribution in [3.05, 3.63) is 21.6 Å². The molecule has 0 aliphatic rings. The summed E-state index contributed by atoms with van der Waals surface area (Å²) in [4.78, 5) is 30.2. The van der Waals surface area contributed by atoms with Gasteiger partial charge in [-0.2, -0.15) is 4.37 Å². The molecule has 2 aromatic heterocycles. The van der Waals surface area contributed by atoms with Crippen LogP contribution in [0.2, 0.25) is 0 Å². The van der Waals surface area contributed by atoms with E-state index in [0.29, 0.717) is 36.3 Å². The Morgan fingerprint density at radius 2 is 2.37 bits per heavy atom. The van der Waals surface area contributed by atoms with Crippen LogP contribution in [-0.2, 0) is 16.0 Å². The minimum absolute atomic E-state index is 0.207. The Bertz CT molecular complexity index is 634. The first-order valence-electron chi connectivity index (χ1n) is 6.11. The molecule has 0 saturated heterocycles. The van der Waals surface area contributed by atoms with Crippen molar-refractivity contribution in [1.82, 2.24) is 14.3 Å². The zero-order valence-electron chi connectivity index (χ0n) is 10.8. The van der Waals surface area contributed by atoms with Gasteiger partial charge in [-0.05, 0) is 24.9 Å². The number of rotatable bonds is 5. The van der Waals surface area contributed by atoms with Gasteiger partial charge in [0, 0.05) is 11.8 Å². The maximum absolute atomic E-state index is 11.7. The van der Waals surface area contributed by atoms with Crippen LogP contribution in [0.5, 0.6) is 0 Å². The standard InChI is InChI=1S/C12H15N3O3S/c1-3-18-12(17)7(2)4-5-9-13-8-6-19-15-10(8)11(16)14-9/h6-7H,3-5H2,1-2H3,(H,13,14,16)/t7-/m1/s1. The molecule has 0 unspecified atom stereocenters. The highest BCUT2D eigenvalue weighted by Gasteiger charge is 2.15. The monoisotopic (exact) mass is 281 g/mol. The van der Waals surface area contributed by atoms with Crippen molar-refractivity contribution in [2.45, 2.75) is 26.7 Å². The van der Waals surface area contributed by atoms with Gasteiger partial charge >= 0.3 is 5.97 Å². The topological polar surface area (TPSA) is 84.9 Å². The highest BCUT2D eigenvalue weighted by atomic mass is 32.1. The van der Waals surface area contributed by atoms with Crippen molar-refractivity contribution in [3.63, 3.8) is 0 Å². The van der Waals surface area contributed by atoms with Crippen LogP contribution in [-0.4, -0.2) is 26.9 Å². The van der Waals surface area contributed by atoms with Gasteiger partial charge in [0.05, 0.1) is 12.5 Å². The lowest BCUT2D eigenvalue weighted by molar-refractivity contribution is -0.147. The first kappa shape index (κ1) is 13.7. The molecular weight excluding hydrogens is 266 g/mol. The van der Waals surface area contributed by atoms with E-state index in [0.717, 1.165) is 0 Å². The fraction of sp³-hybridized carbons (Fsp3) is 0.500. The molecule has 0 aliphatic carbocycles. The molecule has 1 N–H and O–H groups in total. The summed E-state index contributed by atoms with van der Waals surface area (Å²) in [6.07, 6.45) is 1.12. The third kappa shape index (κ3) is 3.17. The summed E-state index contributed by atoms with van der Waals surface area (Å²) in [5.74, 6) is 0.151. The van der Waals surface area contributed by atoms with Crippen LogP contribution in [0.15, 0.2) is 10.2 Å². The van der Waals surface area contributed by atoms with E-state index < -0.39 is 0 Å². The molecule has 0 aromatic carbocycles. The molecule has 2 rings (SSSR count). The van der Waals surface area contributed by atoms with E-state index in [1.54, 1.807) is 19.2 Å². The second-order valence-corrected chi connectivity index (χ2v) is 4.88. The summed E-state index contributed by atoms with van der Waals surface area (Å²) >= 11 is 1.21. The number of ether oxygens (including phenoxy) is 1. The van der Waals surface area contributed by atoms with E-state index in [1.165, 1.54) is 11.5 Å². The first-order valence-corrected chi connectivity index (χ1v) is 6.95. The molecule has 102 valence electrons. The number of aromatic nitrogens is 3. The van der Waals surface area contributed by atoms with Gasteiger partial charge in [0.25, 0.3) is 5.56 Å². The number of fused-ring (bicyclic) bond motifs is 1. The van der Waals surface area contributed by atoms with E-state index in [2.05, 4.69) is 14.3 Å². The second kappa shape index (κ2) is 5.92. The van der Waals surface area contributed by atoms with Crippen LogP contribution in [0.3, 0.4) is 0 Å². The Morgan fingerprint density at radius 3 is 3.11 bits per heavy atom. The Hall–Kier alpha value is -1.76. The summed E-state index contributed by atoms with van der Waals surface area (Å²) in [5, 5.41) is 1.74. The van der Waals surface area contributed by atoms with Gasteiger partial charge in [-0.1, -0.05) is 6.92 Å². The predicted octanol–water partition coefficient (Wildman–Crippen LogP) is 1.51. The molecule has 0 fully saturated rings. The largest absolute Gasteiger partial charge is 0.466 e. The molecule has 0 saturated carbocycles. The number of aromatic amines is 1. The second-order valence-electron chi connectivity index (χ2n) is 4.25. The van der Waals surface area contributed by atoms with Gasteiger partial charge in [0.2, 0.25) is 0 Å². The third-order valence-electron chi connectivity index (χ3n) is 2.78. The average Bonchev–Trinajstić information content (AvgIpc) is 2.85. The summed E-state index contributed by atoms with van der Waals surface area (Å²) in [6.45, 7) is 3.97. The van der Waals surface area contributed by atoms with Gasteiger partial charge < -0.3 is 9.72 Å². The molecule has 1 atom stereocenters. The molecule has 2 heterocycles. The van der Waals surface area contributed by atoms with Gasteiger partial charge in [-0.3, -0.25) is 9.59 Å².